The molecule has 0 spiro atoms. The number of benzene rings is 2. The molecule has 0 aliphatic carbocycles. The number of halogens is 2. The Morgan fingerprint density at radius 3 is 2.59 bits per heavy atom. The van der Waals surface area contributed by atoms with Gasteiger partial charge in [0, 0.05) is 30.9 Å². The predicted octanol–water partition coefficient (Wildman–Crippen LogP) is 5.32. The Morgan fingerprint density at radius 1 is 1.16 bits per heavy atom. The van der Waals surface area contributed by atoms with Gasteiger partial charge in [0.05, 0.1) is 6.20 Å². The first kappa shape index (κ1) is 22.9. The Balaban J connectivity index is 1.72. The fourth-order valence-electron chi connectivity index (χ4n) is 3.10. The topological polar surface area (TPSA) is 56.2 Å². The normalized spacial score (nSPS) is 12.1. The summed E-state index contributed by atoms with van der Waals surface area (Å²) in [6.45, 7) is 5.78. The molecule has 0 bridgehead atoms. The van der Waals surface area contributed by atoms with Crippen LogP contribution in [0.4, 0.5) is 8.78 Å². The smallest absolute Gasteiger partial charge is 0.251 e. The number of ether oxygens (including phenoxy) is 1. The molecule has 32 heavy (non-hydrogen) atoms. The molecule has 7 heteroatoms. The molecule has 3 rings (SSSR count). The van der Waals surface area contributed by atoms with Gasteiger partial charge in [-0.05, 0) is 80.0 Å². The van der Waals surface area contributed by atoms with E-state index in [4.69, 9.17) is 4.74 Å². The highest BCUT2D eigenvalue weighted by Gasteiger charge is 2.11. The number of nitrogens with zero attached hydrogens (tertiary/aromatic N) is 2. The quantitative estimate of drug-likeness (QED) is 0.402. The standard InChI is InChI=1S/C25H25F2N3O2/c1-5-21(10-17(3)20-14-29-30(4)15-20)32-22-9-16(2)8-19(12-22)25(31)28-13-18-6-7-23(26)24(27)11-18/h5-12,14-15H,13H2,1-4H3,(H,28,31)/b17-10+,21-5+. The van der Waals surface area contributed by atoms with Gasteiger partial charge in [0.2, 0.25) is 0 Å². The van der Waals surface area contributed by atoms with Crippen molar-refractivity contribution in [3.05, 3.63) is 101 Å². The van der Waals surface area contributed by atoms with Crippen molar-refractivity contribution in [2.45, 2.75) is 27.3 Å². The van der Waals surface area contributed by atoms with Crippen LogP contribution in [0.3, 0.4) is 0 Å². The van der Waals surface area contributed by atoms with E-state index in [1.807, 2.05) is 52.2 Å². The first-order valence-electron chi connectivity index (χ1n) is 10.1. The number of rotatable bonds is 7. The van der Waals surface area contributed by atoms with Gasteiger partial charge in [-0.3, -0.25) is 9.48 Å². The van der Waals surface area contributed by atoms with E-state index < -0.39 is 11.6 Å². The van der Waals surface area contributed by atoms with Gasteiger partial charge in [-0.15, -0.1) is 0 Å². The van der Waals surface area contributed by atoms with E-state index in [1.165, 1.54) is 6.07 Å². The van der Waals surface area contributed by atoms with E-state index in [0.29, 0.717) is 22.6 Å². The highest BCUT2D eigenvalue weighted by atomic mass is 19.2. The molecule has 0 fully saturated rings. The number of carbonyl (C=O) groups is 1. The van der Waals surface area contributed by atoms with Crippen molar-refractivity contribution in [3.8, 4) is 5.75 Å². The second-order valence-electron chi connectivity index (χ2n) is 7.49. The molecule has 1 N–H and O–H groups in total. The molecule has 0 aliphatic rings. The van der Waals surface area contributed by atoms with Crippen molar-refractivity contribution >= 4 is 11.5 Å². The van der Waals surface area contributed by atoms with Crippen molar-refractivity contribution in [1.82, 2.24) is 15.1 Å². The summed E-state index contributed by atoms with van der Waals surface area (Å²) in [6, 6.07) is 8.75. The summed E-state index contributed by atoms with van der Waals surface area (Å²) >= 11 is 0. The molecular weight excluding hydrogens is 412 g/mol. The molecule has 1 aromatic heterocycles. The van der Waals surface area contributed by atoms with E-state index in [0.717, 1.165) is 28.8 Å². The molecule has 0 saturated heterocycles. The summed E-state index contributed by atoms with van der Waals surface area (Å²) in [7, 11) is 1.86. The fourth-order valence-corrected chi connectivity index (χ4v) is 3.10. The van der Waals surface area contributed by atoms with Gasteiger partial charge in [0.25, 0.3) is 5.91 Å². The minimum Gasteiger partial charge on any atom is -0.458 e. The van der Waals surface area contributed by atoms with Crippen LogP contribution in [0.25, 0.3) is 5.57 Å². The molecule has 5 nitrogen and oxygen atoms in total. The largest absolute Gasteiger partial charge is 0.458 e. The SMILES string of the molecule is C/C=C(\C=C(/C)c1cnn(C)c1)Oc1cc(C)cc(C(=O)NCc2ccc(F)c(F)c2)c1. The average molecular weight is 437 g/mol. The Bertz CT molecular complexity index is 1200. The highest BCUT2D eigenvalue weighted by molar-refractivity contribution is 5.94. The van der Waals surface area contributed by atoms with Crippen LogP contribution in [0, 0.1) is 18.6 Å². The zero-order valence-corrected chi connectivity index (χ0v) is 18.4. The van der Waals surface area contributed by atoms with Gasteiger partial charge >= 0.3 is 0 Å². The summed E-state index contributed by atoms with van der Waals surface area (Å²) in [5, 5.41) is 6.90. The van der Waals surface area contributed by atoms with Crippen LogP contribution in [-0.4, -0.2) is 15.7 Å². The van der Waals surface area contributed by atoms with Crippen LogP contribution in [0.15, 0.2) is 66.7 Å². The zero-order valence-electron chi connectivity index (χ0n) is 18.4. The van der Waals surface area contributed by atoms with Gasteiger partial charge in [-0.1, -0.05) is 6.07 Å². The Labute approximate surface area is 186 Å². The van der Waals surface area contributed by atoms with Crippen LogP contribution in [0.2, 0.25) is 0 Å². The molecule has 166 valence electrons. The third-order valence-electron chi connectivity index (χ3n) is 4.79. The van der Waals surface area contributed by atoms with E-state index in [2.05, 4.69) is 10.4 Å². The first-order chi connectivity index (χ1) is 15.2. The summed E-state index contributed by atoms with van der Waals surface area (Å²) in [5.41, 5.74) is 3.70. The molecule has 1 heterocycles. The summed E-state index contributed by atoms with van der Waals surface area (Å²) in [6.07, 6.45) is 7.44. The van der Waals surface area contributed by atoms with Crippen molar-refractivity contribution in [2.75, 3.05) is 0 Å². The second kappa shape index (κ2) is 10.0. The summed E-state index contributed by atoms with van der Waals surface area (Å²) < 4.78 is 34.2. The lowest BCUT2D eigenvalue weighted by Crippen LogP contribution is -2.23. The van der Waals surface area contributed by atoms with E-state index in [1.54, 1.807) is 23.0 Å². The molecule has 0 aliphatic heterocycles. The molecule has 0 radical (unpaired) electrons. The average Bonchev–Trinajstić information content (AvgIpc) is 3.20. The second-order valence-corrected chi connectivity index (χ2v) is 7.49. The molecule has 3 aromatic rings. The third kappa shape index (κ3) is 5.91. The van der Waals surface area contributed by atoms with Crippen LogP contribution in [-0.2, 0) is 13.6 Å². The summed E-state index contributed by atoms with van der Waals surface area (Å²) in [5.74, 6) is -1.06. The number of allylic oxidation sites excluding steroid dienone is 3. The number of carbonyl (C=O) groups excluding carboxylic acids is 1. The van der Waals surface area contributed by atoms with Gasteiger partial charge in [-0.2, -0.15) is 5.10 Å². The van der Waals surface area contributed by atoms with Gasteiger partial charge in [-0.25, -0.2) is 8.78 Å². The van der Waals surface area contributed by atoms with Gasteiger partial charge in [0.1, 0.15) is 11.5 Å². The maximum atomic E-state index is 13.4. The number of aromatic nitrogens is 2. The first-order valence-corrected chi connectivity index (χ1v) is 10.1. The molecule has 0 saturated carbocycles. The monoisotopic (exact) mass is 437 g/mol. The van der Waals surface area contributed by atoms with Crippen molar-refractivity contribution in [3.63, 3.8) is 0 Å². The van der Waals surface area contributed by atoms with E-state index in [-0.39, 0.29) is 12.5 Å². The number of hydrogen-bond donors (Lipinski definition) is 1. The zero-order chi connectivity index (χ0) is 23.3. The van der Waals surface area contributed by atoms with Crippen LogP contribution in [0.5, 0.6) is 5.75 Å². The Morgan fingerprint density at radius 2 is 1.94 bits per heavy atom. The molecule has 1 amide bonds. The van der Waals surface area contributed by atoms with E-state index in [9.17, 15) is 13.6 Å². The summed E-state index contributed by atoms with van der Waals surface area (Å²) in [4.78, 5) is 12.6. The van der Waals surface area contributed by atoms with Crippen LogP contribution < -0.4 is 10.1 Å². The molecule has 2 aromatic carbocycles. The lowest BCUT2D eigenvalue weighted by atomic mass is 10.1. The minimum atomic E-state index is -0.948. The number of amides is 1. The minimum absolute atomic E-state index is 0.0767. The number of hydrogen-bond acceptors (Lipinski definition) is 3. The van der Waals surface area contributed by atoms with Gasteiger partial charge in [0.15, 0.2) is 11.6 Å². The highest BCUT2D eigenvalue weighted by Crippen LogP contribution is 2.22. The Kier molecular flexibility index (Phi) is 7.20. The van der Waals surface area contributed by atoms with Crippen molar-refractivity contribution in [1.29, 1.82) is 0 Å². The Hall–Kier alpha value is -3.74. The third-order valence-corrected chi connectivity index (χ3v) is 4.79. The number of aryl methyl sites for hydroxylation is 2. The predicted molar refractivity (Wildman–Crippen MR) is 120 cm³/mol. The van der Waals surface area contributed by atoms with Crippen LogP contribution >= 0.6 is 0 Å². The number of nitrogens with one attached hydrogen (secondary N) is 1. The lowest BCUT2D eigenvalue weighted by molar-refractivity contribution is 0.0950. The molecule has 0 atom stereocenters. The fraction of sp³-hybridized carbons (Fsp3) is 0.200. The molecule has 0 unspecified atom stereocenters. The van der Waals surface area contributed by atoms with E-state index >= 15 is 0 Å². The van der Waals surface area contributed by atoms with Crippen molar-refractivity contribution in [2.24, 2.45) is 7.05 Å². The van der Waals surface area contributed by atoms with Crippen molar-refractivity contribution < 1.29 is 18.3 Å². The molecular formula is C25H25F2N3O2. The lowest BCUT2D eigenvalue weighted by Gasteiger charge is -2.11. The maximum Gasteiger partial charge on any atom is 0.251 e. The van der Waals surface area contributed by atoms with Gasteiger partial charge < -0.3 is 10.1 Å². The maximum absolute atomic E-state index is 13.4. The van der Waals surface area contributed by atoms with Crippen LogP contribution in [0.1, 0.15) is 40.9 Å².